The standard InChI is InChI=1S/C13H22N.C5H5.Ru/c1-10(2)14(11(3)4)12(5)13-8-6-7-9-13;1-2-4-5-3-1;/h6-12H,1-5H3;1-5H;. The van der Waals surface area contributed by atoms with Crippen molar-refractivity contribution in [2.24, 2.45) is 0 Å². The maximum absolute atomic E-state index is 3.14. The fourth-order valence-electron chi connectivity index (χ4n) is 19.3. The normalized spacial score (nSPS) is 106. The fourth-order valence-corrected chi connectivity index (χ4v) is 155. The monoisotopic (exact) mass is 359 g/mol. The van der Waals surface area contributed by atoms with Crippen molar-refractivity contribution in [3.05, 3.63) is 0 Å². The first-order valence-electron chi connectivity index (χ1n) is 9.21. The molecule has 0 aromatic heterocycles. The van der Waals surface area contributed by atoms with Crippen LogP contribution in [0.5, 0.6) is 0 Å². The summed E-state index contributed by atoms with van der Waals surface area (Å²) in [6, 6.07) is 2.49. The van der Waals surface area contributed by atoms with Gasteiger partial charge in [0.2, 0.25) is 0 Å². The maximum atomic E-state index is 2.96. The van der Waals surface area contributed by atoms with Crippen molar-refractivity contribution >= 4 is 0 Å². The first-order valence-corrected chi connectivity index (χ1v) is 19.1. The van der Waals surface area contributed by atoms with Gasteiger partial charge in [-0.1, -0.05) is 0 Å². The molecule has 0 amide bonds. The van der Waals surface area contributed by atoms with E-state index in [0.717, 1.165) is 22.1 Å². The topological polar surface area (TPSA) is 3.24 Å². The Labute approximate surface area is 110 Å². The van der Waals surface area contributed by atoms with Crippen LogP contribution in [0.1, 0.15) is 34.6 Å². The molecule has 5 atom stereocenters. The predicted molar refractivity (Wildman–Crippen MR) is 78.0 cm³/mol. The van der Waals surface area contributed by atoms with Gasteiger partial charge in [0.1, 0.15) is 0 Å². The summed E-state index contributed by atoms with van der Waals surface area (Å²) in [4.78, 5) is 2.96. The van der Waals surface area contributed by atoms with Gasteiger partial charge in [0.05, 0.1) is 0 Å². The molecule has 10 rings (SSSR count). The number of hydrogen-bond donors (Lipinski definition) is 0. The van der Waals surface area contributed by atoms with E-state index in [2.05, 4.69) is 39.5 Å². The van der Waals surface area contributed by atoms with E-state index in [-0.39, 0.29) is 0 Å². The number of nitrogens with zero attached hydrogens (tertiary/aromatic N) is 1. The molecule has 0 saturated carbocycles. The van der Waals surface area contributed by atoms with Gasteiger partial charge in [-0.3, -0.25) is 0 Å². The Kier molecular flexibility index (Phi) is 0.372. The molecule has 112 valence electrons. The molecule has 10 heterocycles. The Morgan fingerprint density at radius 2 is 1.10 bits per heavy atom. The van der Waals surface area contributed by atoms with Crippen molar-refractivity contribution in [1.82, 2.24) is 4.90 Å². The van der Waals surface area contributed by atoms with Crippen LogP contribution in [0.25, 0.3) is 0 Å². The van der Waals surface area contributed by atoms with Crippen molar-refractivity contribution in [3.63, 3.8) is 0 Å². The molecule has 1 spiro atoms. The van der Waals surface area contributed by atoms with Crippen molar-refractivity contribution in [1.29, 1.82) is 0 Å². The molecule has 0 aromatic carbocycles. The summed E-state index contributed by atoms with van der Waals surface area (Å²) in [5.41, 5.74) is 0. The summed E-state index contributed by atoms with van der Waals surface area (Å²) in [6.07, 6.45) is 0. The van der Waals surface area contributed by atoms with Gasteiger partial charge < -0.3 is 0 Å². The summed E-state index contributed by atoms with van der Waals surface area (Å²) < 4.78 is 14.6. The molecule has 20 heavy (non-hydrogen) atoms. The third-order valence-electron chi connectivity index (χ3n) is 17.1. The summed E-state index contributed by atoms with van der Waals surface area (Å²) in [5.74, 6) is 0. The molecule has 0 radical (unpaired) electrons. The Morgan fingerprint density at radius 1 is 0.700 bits per heavy atom. The number of hydrogen-bond acceptors (Lipinski definition) is 1. The van der Waals surface area contributed by atoms with E-state index < -0.39 is 7.72 Å². The zero-order chi connectivity index (χ0) is 13.3. The first-order chi connectivity index (χ1) is 9.22. The van der Waals surface area contributed by atoms with Gasteiger partial charge in [-0.2, -0.15) is 0 Å². The number of rotatable bonds is 4. The fraction of sp³-hybridized carbons (Fsp3) is 1.00. The van der Waals surface area contributed by atoms with E-state index in [1.807, 2.05) is 0 Å². The Morgan fingerprint density at radius 3 is 1.30 bits per heavy atom. The van der Waals surface area contributed by atoms with Crippen LogP contribution in [0, 0.1) is 0 Å². The van der Waals surface area contributed by atoms with Gasteiger partial charge >= 0.3 is 110 Å². The molecular weight excluding hydrogens is 331 g/mol. The predicted octanol–water partition coefficient (Wildman–Crippen LogP) is 5.25. The second kappa shape index (κ2) is 0.824. The van der Waals surface area contributed by atoms with E-state index in [0.29, 0.717) is 0 Å². The summed E-state index contributed by atoms with van der Waals surface area (Å²) in [7, 11) is -3.14. The van der Waals surface area contributed by atoms with Crippen molar-refractivity contribution in [2.75, 3.05) is 0 Å². The third-order valence-corrected chi connectivity index (χ3v) is 84.4. The molecule has 1 nitrogen and oxygen atoms in total. The first kappa shape index (κ1) is 9.02. The molecule has 2 heteroatoms. The molecule has 10 fully saturated rings. The van der Waals surface area contributed by atoms with Gasteiger partial charge in [0, 0.05) is 0 Å². The Hall–Kier alpha value is 0.583. The van der Waals surface area contributed by atoms with Crippen LogP contribution in [0.15, 0.2) is 0 Å². The molecule has 0 N–H and O–H groups in total. The summed E-state index contributed by atoms with van der Waals surface area (Å²) >= 11 is 0. The van der Waals surface area contributed by atoms with Crippen LogP contribution in [0.3, 0.4) is 0 Å². The molecule has 10 aliphatic rings. The van der Waals surface area contributed by atoms with E-state index in [4.69, 9.17) is 0 Å². The van der Waals surface area contributed by atoms with Gasteiger partial charge in [-0.25, -0.2) is 0 Å². The minimum absolute atomic E-state index is 0.758. The average molecular weight is 358 g/mol. The quantitative estimate of drug-likeness (QED) is 0.620. The molecule has 5 unspecified atom stereocenters. The second-order valence-electron chi connectivity index (χ2n) is 13.0. The average Bonchev–Trinajstić information content (AvgIpc) is 3.31. The van der Waals surface area contributed by atoms with Gasteiger partial charge in [0.15, 0.2) is 0 Å². The van der Waals surface area contributed by atoms with E-state index >= 15 is 0 Å². The Bertz CT molecular complexity index is 932. The SMILES string of the molecule is CC(C)N(C(C)C)C(C)[C]12[CH]3[CH]4[CH]5[CH]1[Ru]45321678[CH]2[CH]1[CH]6[CH]7[CH]28. The third kappa shape index (κ3) is 0.107. The zero-order valence-electron chi connectivity index (χ0n) is 13.2. The molecule has 10 saturated heterocycles. The second-order valence-corrected chi connectivity index (χ2v) is 50.2. The van der Waals surface area contributed by atoms with Gasteiger partial charge in [-0.15, -0.1) is 0 Å². The summed E-state index contributed by atoms with van der Waals surface area (Å²) in [6.45, 7) is 12.6. The van der Waals surface area contributed by atoms with Crippen LogP contribution in [0.4, 0.5) is 0 Å². The van der Waals surface area contributed by atoms with Crippen LogP contribution >= 0.6 is 0 Å². The molecular formula is C18H27NRu. The van der Waals surface area contributed by atoms with Crippen molar-refractivity contribution in [3.8, 4) is 0 Å². The van der Waals surface area contributed by atoms with E-state index in [9.17, 15) is 0 Å². The minimum atomic E-state index is -3.14. The van der Waals surface area contributed by atoms with Crippen molar-refractivity contribution < 1.29 is 7.72 Å². The molecule has 0 aromatic rings. The van der Waals surface area contributed by atoms with Crippen LogP contribution < -0.4 is 0 Å². The van der Waals surface area contributed by atoms with Gasteiger partial charge in [-0.05, 0) is 0 Å². The zero-order valence-corrected chi connectivity index (χ0v) is 15.0. The molecule has 0 aliphatic carbocycles. The summed E-state index contributed by atoms with van der Waals surface area (Å²) in [5, 5.41) is 0. The van der Waals surface area contributed by atoms with Gasteiger partial charge in [0.25, 0.3) is 0 Å². The van der Waals surface area contributed by atoms with Crippen LogP contribution in [-0.4, -0.2) is 23.0 Å². The molecule has 10 aliphatic heterocycles. The van der Waals surface area contributed by atoms with Crippen LogP contribution in [-0.2, 0) is 7.72 Å². The molecule has 0 bridgehead atoms. The van der Waals surface area contributed by atoms with Crippen molar-refractivity contribution in [2.45, 2.75) is 97.4 Å². The van der Waals surface area contributed by atoms with E-state index in [1.165, 1.54) is 40.6 Å². The Balaban J connectivity index is 1.36. The van der Waals surface area contributed by atoms with Crippen LogP contribution in [0.2, 0.25) is 44.6 Å². The van der Waals surface area contributed by atoms with E-state index in [1.54, 1.807) is 0 Å². The number of fused-ring (bicyclic) bond motifs is 10.